The Morgan fingerprint density at radius 1 is 1.29 bits per heavy atom. The molecule has 3 aliphatic rings. The third-order valence-corrected chi connectivity index (χ3v) is 7.52. The number of carbonyl (C=O) groups excluding carboxylic acids is 2. The molecule has 1 aromatic carbocycles. The monoisotopic (exact) mass is 496 g/mol. The summed E-state index contributed by atoms with van der Waals surface area (Å²) in [7, 11) is 1.62. The molecule has 0 radical (unpaired) electrons. The van der Waals surface area contributed by atoms with Gasteiger partial charge in [0, 0.05) is 24.6 Å². The number of hydrogen-bond acceptors (Lipinski definition) is 7. The molecular formula is C25H29ClN6O3. The Hall–Kier alpha value is -3.33. The van der Waals surface area contributed by atoms with Gasteiger partial charge in [0.25, 0.3) is 0 Å². The lowest BCUT2D eigenvalue weighted by atomic mass is 9.88. The van der Waals surface area contributed by atoms with Crippen LogP contribution in [-0.2, 0) is 16.0 Å². The van der Waals surface area contributed by atoms with Gasteiger partial charge in [0.05, 0.1) is 30.6 Å². The highest BCUT2D eigenvalue weighted by Crippen LogP contribution is 2.45. The summed E-state index contributed by atoms with van der Waals surface area (Å²) < 4.78 is 5.78. The van der Waals surface area contributed by atoms with Crippen LogP contribution in [0, 0.1) is 17.8 Å². The second-order valence-electron chi connectivity index (χ2n) is 9.20. The van der Waals surface area contributed by atoms with E-state index in [0.29, 0.717) is 41.2 Å². The number of benzene rings is 1. The smallest absolute Gasteiger partial charge is 0.229 e. The van der Waals surface area contributed by atoms with E-state index in [2.05, 4.69) is 32.8 Å². The Morgan fingerprint density at radius 2 is 2.09 bits per heavy atom. The minimum absolute atomic E-state index is 0.121. The molecule has 184 valence electrons. The zero-order valence-electron chi connectivity index (χ0n) is 19.8. The number of halogens is 1. The first-order chi connectivity index (χ1) is 16.9. The van der Waals surface area contributed by atoms with Crippen molar-refractivity contribution in [3.8, 4) is 5.75 Å². The Kier molecular flexibility index (Phi) is 6.27. The first-order valence-corrected chi connectivity index (χ1v) is 12.3. The minimum Gasteiger partial charge on any atom is -0.494 e. The van der Waals surface area contributed by atoms with Crippen molar-refractivity contribution in [3.05, 3.63) is 41.1 Å². The van der Waals surface area contributed by atoms with Crippen LogP contribution in [0.3, 0.4) is 0 Å². The van der Waals surface area contributed by atoms with Crippen molar-refractivity contribution in [2.45, 2.75) is 38.6 Å². The van der Waals surface area contributed by atoms with Crippen molar-refractivity contribution < 1.29 is 14.3 Å². The van der Waals surface area contributed by atoms with Crippen LogP contribution in [0.4, 0.5) is 23.1 Å². The third kappa shape index (κ3) is 4.18. The molecule has 1 fully saturated rings. The van der Waals surface area contributed by atoms with Gasteiger partial charge in [0.1, 0.15) is 10.8 Å². The van der Waals surface area contributed by atoms with Crippen molar-refractivity contribution in [2.75, 3.05) is 29.2 Å². The molecule has 4 N–H and O–H groups in total. The summed E-state index contributed by atoms with van der Waals surface area (Å²) >= 11 is 6.41. The van der Waals surface area contributed by atoms with Gasteiger partial charge in [-0.15, -0.1) is 0 Å². The van der Waals surface area contributed by atoms with Gasteiger partial charge in [-0.25, -0.2) is 4.98 Å². The molecule has 9 nitrogen and oxygen atoms in total. The summed E-state index contributed by atoms with van der Waals surface area (Å²) in [6.45, 7) is 2.57. The zero-order chi connectivity index (χ0) is 24.7. The highest BCUT2D eigenvalue weighted by atomic mass is 35.5. The Bertz CT molecular complexity index is 1200. The van der Waals surface area contributed by atoms with Crippen LogP contribution in [0.15, 0.2) is 30.5 Å². The van der Waals surface area contributed by atoms with Crippen molar-refractivity contribution in [1.29, 1.82) is 0 Å². The van der Waals surface area contributed by atoms with E-state index in [4.69, 9.17) is 22.1 Å². The van der Waals surface area contributed by atoms with Gasteiger partial charge in [-0.1, -0.05) is 23.8 Å². The first-order valence-electron chi connectivity index (χ1n) is 11.9. The maximum absolute atomic E-state index is 12.5. The van der Waals surface area contributed by atoms with Crippen LogP contribution in [0.5, 0.6) is 5.75 Å². The number of methoxy groups -OCH3 is 1. The van der Waals surface area contributed by atoms with Gasteiger partial charge >= 0.3 is 0 Å². The lowest BCUT2D eigenvalue weighted by molar-refractivity contribution is -0.122. The molecule has 5 rings (SSSR count). The number of nitrogens with zero attached hydrogens (tertiary/aromatic N) is 3. The number of amides is 2. The van der Waals surface area contributed by atoms with Crippen molar-refractivity contribution in [1.82, 2.24) is 9.97 Å². The maximum Gasteiger partial charge on any atom is 0.229 e. The largest absolute Gasteiger partial charge is 0.494 e. The number of ether oxygens (including phenoxy) is 1. The summed E-state index contributed by atoms with van der Waals surface area (Å²) in [5, 5.41) is 6.95. The fraction of sp³-hybridized carbons (Fsp3) is 0.440. The molecule has 1 saturated carbocycles. The number of nitrogens with two attached hydrogens (primary N) is 1. The Morgan fingerprint density at radius 3 is 2.83 bits per heavy atom. The van der Waals surface area contributed by atoms with Crippen LogP contribution < -0.4 is 26.0 Å². The number of hydrogen-bond donors (Lipinski definition) is 3. The normalized spacial score (nSPS) is 24.8. The van der Waals surface area contributed by atoms with E-state index in [1.54, 1.807) is 12.0 Å². The average Bonchev–Trinajstić information content (AvgIpc) is 3.40. The van der Waals surface area contributed by atoms with E-state index in [-0.39, 0.29) is 35.6 Å². The van der Waals surface area contributed by atoms with E-state index < -0.39 is 0 Å². The molecular weight excluding hydrogens is 468 g/mol. The number of aromatic nitrogens is 2. The van der Waals surface area contributed by atoms with Gasteiger partial charge in [0.2, 0.25) is 17.8 Å². The first kappa shape index (κ1) is 23.4. The predicted molar refractivity (Wildman–Crippen MR) is 135 cm³/mol. The standard InChI is InChI=1S/C25H29ClN6O3/c1-3-32-18-10-9-17(22(35-2)15(18)5-4-6-19(32)33)29-25-28-12-16(26)24(31-25)30-21-14-8-7-13(11-14)20(21)23(27)34/h7-10,12-14,20-21H,3-6,11H2,1-2H3,(H2,27,34)(H2,28,29,30,31)/t13-,14+,20+,21-/m0/s1. The van der Waals surface area contributed by atoms with Gasteiger partial charge in [-0.05, 0) is 50.2 Å². The highest BCUT2D eigenvalue weighted by molar-refractivity contribution is 6.32. The molecule has 0 saturated heterocycles. The number of fused-ring (bicyclic) bond motifs is 3. The van der Waals surface area contributed by atoms with Crippen molar-refractivity contribution in [3.63, 3.8) is 0 Å². The topological polar surface area (TPSA) is 122 Å². The predicted octanol–water partition coefficient (Wildman–Crippen LogP) is 3.66. The lowest BCUT2D eigenvalue weighted by Crippen LogP contribution is -2.41. The highest BCUT2D eigenvalue weighted by Gasteiger charge is 2.47. The molecule has 1 aromatic heterocycles. The number of rotatable bonds is 7. The van der Waals surface area contributed by atoms with E-state index in [1.165, 1.54) is 6.20 Å². The third-order valence-electron chi connectivity index (χ3n) is 7.25. The van der Waals surface area contributed by atoms with Gasteiger partial charge in [-0.3, -0.25) is 9.59 Å². The van der Waals surface area contributed by atoms with Gasteiger partial charge < -0.3 is 26.0 Å². The Balaban J connectivity index is 1.43. The number of nitrogens with one attached hydrogen (secondary N) is 2. The number of allylic oxidation sites excluding steroid dienone is 1. The molecule has 2 amide bonds. The quantitative estimate of drug-likeness (QED) is 0.500. The van der Waals surface area contributed by atoms with Crippen LogP contribution in [-0.4, -0.2) is 41.5 Å². The number of anilines is 4. The van der Waals surface area contributed by atoms with Gasteiger partial charge in [0.15, 0.2) is 5.82 Å². The lowest BCUT2D eigenvalue weighted by Gasteiger charge is -2.27. The minimum atomic E-state index is -0.322. The van der Waals surface area contributed by atoms with Crippen LogP contribution in [0.1, 0.15) is 31.7 Å². The van der Waals surface area contributed by atoms with Crippen molar-refractivity contribution >= 4 is 46.6 Å². The Labute approximate surface area is 209 Å². The van der Waals surface area contributed by atoms with E-state index in [1.807, 2.05) is 19.1 Å². The molecule has 2 aromatic rings. The van der Waals surface area contributed by atoms with Crippen molar-refractivity contribution in [2.24, 2.45) is 23.5 Å². The molecule has 10 heteroatoms. The summed E-state index contributed by atoms with van der Waals surface area (Å²) in [4.78, 5) is 35.3. The van der Waals surface area contributed by atoms with E-state index >= 15 is 0 Å². The molecule has 1 aliphatic heterocycles. The molecule has 4 atom stereocenters. The molecule has 0 unspecified atom stereocenters. The molecule has 2 aliphatic carbocycles. The molecule has 2 heterocycles. The van der Waals surface area contributed by atoms with E-state index in [9.17, 15) is 9.59 Å². The van der Waals surface area contributed by atoms with Gasteiger partial charge in [-0.2, -0.15) is 4.98 Å². The SMILES string of the molecule is CCN1C(=O)CCCc2c1ccc(Nc1ncc(Cl)c(N[C@@H]3[C@H](C(N)=O)[C@H]4C=C[C@@H]3C4)n1)c2OC. The summed E-state index contributed by atoms with van der Waals surface area (Å²) in [5.41, 5.74) is 8.25. The maximum atomic E-state index is 12.5. The van der Waals surface area contributed by atoms with E-state index in [0.717, 1.165) is 30.5 Å². The fourth-order valence-corrected chi connectivity index (χ4v) is 5.84. The molecule has 2 bridgehead atoms. The average molecular weight is 497 g/mol. The molecule has 0 spiro atoms. The second-order valence-corrected chi connectivity index (χ2v) is 9.60. The summed E-state index contributed by atoms with van der Waals surface area (Å²) in [5.74, 6) is 1.28. The second kappa shape index (κ2) is 9.37. The fourth-order valence-electron chi connectivity index (χ4n) is 5.69. The van der Waals surface area contributed by atoms with Crippen LogP contribution in [0.2, 0.25) is 5.02 Å². The summed E-state index contributed by atoms with van der Waals surface area (Å²) in [6.07, 6.45) is 8.61. The van der Waals surface area contributed by atoms with Crippen LogP contribution in [0.25, 0.3) is 0 Å². The molecule has 35 heavy (non-hydrogen) atoms. The number of carbonyl (C=O) groups is 2. The van der Waals surface area contributed by atoms with Crippen LogP contribution >= 0.6 is 11.6 Å². The number of primary amides is 1. The zero-order valence-corrected chi connectivity index (χ0v) is 20.5. The summed E-state index contributed by atoms with van der Waals surface area (Å²) in [6, 6.07) is 3.64.